The van der Waals surface area contributed by atoms with Gasteiger partial charge in [-0.1, -0.05) is 48.5 Å². The summed E-state index contributed by atoms with van der Waals surface area (Å²) in [5, 5.41) is 2.81. The van der Waals surface area contributed by atoms with E-state index in [0.717, 1.165) is 5.56 Å². The summed E-state index contributed by atoms with van der Waals surface area (Å²) in [6, 6.07) is 21.6. The average Bonchev–Trinajstić information content (AvgIpc) is 3.29. The van der Waals surface area contributed by atoms with Crippen molar-refractivity contribution in [3.63, 3.8) is 0 Å². The molecule has 2 aromatic carbocycles. The van der Waals surface area contributed by atoms with Crippen LogP contribution in [-0.4, -0.2) is 29.4 Å². The molecule has 6 nitrogen and oxygen atoms in total. The number of benzene rings is 2. The number of nitrogens with one attached hydrogen (secondary N) is 1. The van der Waals surface area contributed by atoms with Gasteiger partial charge >= 0.3 is 0 Å². The third kappa shape index (κ3) is 5.97. The molecule has 1 N–H and O–H groups in total. The Morgan fingerprint density at radius 1 is 1.00 bits per heavy atom. The van der Waals surface area contributed by atoms with E-state index in [4.69, 9.17) is 9.15 Å². The molecule has 3 rings (SSSR count). The highest BCUT2D eigenvalue weighted by Gasteiger charge is 2.26. The van der Waals surface area contributed by atoms with E-state index in [1.54, 1.807) is 37.5 Å². The minimum Gasteiger partial charge on any atom is -0.484 e. The predicted molar refractivity (Wildman–Crippen MR) is 109 cm³/mol. The molecule has 0 saturated heterocycles. The molecule has 0 aliphatic rings. The molecule has 3 aromatic rings. The molecule has 1 aromatic heterocycles. The van der Waals surface area contributed by atoms with Crippen LogP contribution in [0, 0.1) is 0 Å². The van der Waals surface area contributed by atoms with Crippen LogP contribution in [-0.2, 0) is 22.7 Å². The summed E-state index contributed by atoms with van der Waals surface area (Å²) in [5.41, 5.74) is 0.936. The normalized spacial score (nSPS) is 11.5. The molecule has 1 heterocycles. The van der Waals surface area contributed by atoms with E-state index < -0.39 is 6.04 Å². The van der Waals surface area contributed by atoms with Gasteiger partial charge in [0.2, 0.25) is 5.91 Å². The number of nitrogens with zero attached hydrogens (tertiary/aromatic N) is 1. The first-order valence-corrected chi connectivity index (χ1v) is 9.45. The van der Waals surface area contributed by atoms with Crippen LogP contribution in [0.25, 0.3) is 0 Å². The van der Waals surface area contributed by atoms with Crippen LogP contribution in [0.2, 0.25) is 0 Å². The predicted octanol–water partition coefficient (Wildman–Crippen LogP) is 3.39. The topological polar surface area (TPSA) is 71.8 Å². The lowest BCUT2D eigenvalue weighted by Gasteiger charge is -2.28. The molecule has 0 bridgehead atoms. The maximum Gasteiger partial charge on any atom is 0.261 e. The van der Waals surface area contributed by atoms with E-state index in [-0.39, 0.29) is 25.0 Å². The minimum absolute atomic E-state index is 0.146. The zero-order chi connectivity index (χ0) is 20.5. The van der Waals surface area contributed by atoms with Crippen LogP contribution in [0.4, 0.5) is 0 Å². The van der Waals surface area contributed by atoms with Gasteiger partial charge in [-0.25, -0.2) is 0 Å². The van der Waals surface area contributed by atoms with Crippen molar-refractivity contribution in [2.45, 2.75) is 26.1 Å². The number of para-hydroxylation sites is 1. The van der Waals surface area contributed by atoms with Crippen molar-refractivity contribution >= 4 is 11.8 Å². The second-order valence-electron chi connectivity index (χ2n) is 6.58. The van der Waals surface area contributed by atoms with Gasteiger partial charge in [-0.3, -0.25) is 9.59 Å². The van der Waals surface area contributed by atoms with Crippen LogP contribution in [0.1, 0.15) is 18.2 Å². The Hall–Kier alpha value is -3.54. The van der Waals surface area contributed by atoms with Gasteiger partial charge in [0.1, 0.15) is 17.6 Å². The summed E-state index contributed by atoms with van der Waals surface area (Å²) in [6.07, 6.45) is 1.55. The molecular formula is C23H24N2O4. The Morgan fingerprint density at radius 3 is 2.34 bits per heavy atom. The largest absolute Gasteiger partial charge is 0.484 e. The second kappa shape index (κ2) is 10.1. The van der Waals surface area contributed by atoms with Gasteiger partial charge in [0.05, 0.1) is 12.8 Å². The molecule has 0 saturated carbocycles. The zero-order valence-corrected chi connectivity index (χ0v) is 16.3. The molecule has 6 heteroatoms. The zero-order valence-electron chi connectivity index (χ0n) is 16.3. The molecule has 0 fully saturated rings. The van der Waals surface area contributed by atoms with E-state index >= 15 is 0 Å². The summed E-state index contributed by atoms with van der Waals surface area (Å²) in [5.74, 6) is 0.734. The second-order valence-corrected chi connectivity index (χ2v) is 6.58. The molecule has 29 heavy (non-hydrogen) atoms. The number of amides is 2. The van der Waals surface area contributed by atoms with Gasteiger partial charge in [0, 0.05) is 6.54 Å². The highest BCUT2D eigenvalue weighted by Crippen LogP contribution is 2.12. The van der Waals surface area contributed by atoms with Crippen molar-refractivity contribution < 1.29 is 18.7 Å². The number of furan rings is 1. The van der Waals surface area contributed by atoms with Gasteiger partial charge in [0.25, 0.3) is 5.91 Å². The summed E-state index contributed by atoms with van der Waals surface area (Å²) in [4.78, 5) is 27.1. The van der Waals surface area contributed by atoms with E-state index in [2.05, 4.69) is 5.32 Å². The van der Waals surface area contributed by atoms with Crippen LogP contribution < -0.4 is 10.1 Å². The first-order chi connectivity index (χ1) is 14.1. The summed E-state index contributed by atoms with van der Waals surface area (Å²) >= 11 is 0. The monoisotopic (exact) mass is 392 g/mol. The van der Waals surface area contributed by atoms with Gasteiger partial charge < -0.3 is 19.4 Å². The van der Waals surface area contributed by atoms with E-state index in [1.807, 2.05) is 48.5 Å². The number of hydrogen-bond donors (Lipinski definition) is 1. The maximum atomic E-state index is 12.9. The van der Waals surface area contributed by atoms with Gasteiger partial charge in [0.15, 0.2) is 6.61 Å². The standard InChI is InChI=1S/C23H24N2O4/c1-18(23(27)24-15-21-13-8-14-28-21)25(16-19-9-4-2-5-10-19)22(26)17-29-20-11-6-3-7-12-20/h2-14,18H,15-17H2,1H3,(H,24,27)/t18-/m0/s1. The lowest BCUT2D eigenvalue weighted by Crippen LogP contribution is -2.48. The summed E-state index contributed by atoms with van der Waals surface area (Å²) < 4.78 is 10.8. The Balaban J connectivity index is 1.67. The van der Waals surface area contributed by atoms with Crippen molar-refractivity contribution in [1.29, 1.82) is 0 Å². The van der Waals surface area contributed by atoms with Gasteiger partial charge in [-0.05, 0) is 36.8 Å². The number of carbonyl (C=O) groups is 2. The molecule has 0 radical (unpaired) electrons. The molecule has 0 unspecified atom stereocenters. The summed E-state index contributed by atoms with van der Waals surface area (Å²) in [6.45, 7) is 2.14. The lowest BCUT2D eigenvalue weighted by molar-refractivity contribution is -0.142. The van der Waals surface area contributed by atoms with Crippen LogP contribution in [0.15, 0.2) is 83.5 Å². The number of hydrogen-bond acceptors (Lipinski definition) is 4. The Bertz CT molecular complexity index is 895. The molecule has 0 aliphatic heterocycles. The van der Waals surface area contributed by atoms with E-state index in [1.165, 1.54) is 4.90 Å². The third-order valence-corrected chi connectivity index (χ3v) is 4.49. The van der Waals surface area contributed by atoms with Gasteiger partial charge in [-0.15, -0.1) is 0 Å². The first-order valence-electron chi connectivity index (χ1n) is 9.45. The Labute approximate surface area is 170 Å². The summed E-state index contributed by atoms with van der Waals surface area (Å²) in [7, 11) is 0. The van der Waals surface area contributed by atoms with Crippen molar-refractivity contribution in [2.24, 2.45) is 0 Å². The van der Waals surface area contributed by atoms with Crippen molar-refractivity contribution in [2.75, 3.05) is 6.61 Å². The van der Waals surface area contributed by atoms with Crippen molar-refractivity contribution in [3.8, 4) is 5.75 Å². The van der Waals surface area contributed by atoms with Crippen LogP contribution in [0.5, 0.6) is 5.75 Å². The molecule has 1 atom stereocenters. The SMILES string of the molecule is C[C@@H](C(=O)NCc1ccco1)N(Cc1ccccc1)C(=O)COc1ccccc1. The van der Waals surface area contributed by atoms with E-state index in [9.17, 15) is 9.59 Å². The van der Waals surface area contributed by atoms with Crippen LogP contribution >= 0.6 is 0 Å². The highest BCUT2D eigenvalue weighted by atomic mass is 16.5. The number of ether oxygens (including phenoxy) is 1. The first kappa shape index (κ1) is 20.2. The molecule has 2 amide bonds. The number of rotatable bonds is 9. The van der Waals surface area contributed by atoms with E-state index in [0.29, 0.717) is 18.1 Å². The van der Waals surface area contributed by atoms with Crippen LogP contribution in [0.3, 0.4) is 0 Å². The van der Waals surface area contributed by atoms with Gasteiger partial charge in [-0.2, -0.15) is 0 Å². The third-order valence-electron chi connectivity index (χ3n) is 4.49. The molecule has 0 aliphatic carbocycles. The average molecular weight is 392 g/mol. The number of carbonyl (C=O) groups excluding carboxylic acids is 2. The maximum absolute atomic E-state index is 12.9. The van der Waals surface area contributed by atoms with Crippen molar-refractivity contribution in [1.82, 2.24) is 10.2 Å². The lowest BCUT2D eigenvalue weighted by atomic mass is 10.1. The molecule has 150 valence electrons. The Kier molecular flexibility index (Phi) is 7.05. The Morgan fingerprint density at radius 2 is 1.69 bits per heavy atom. The molecule has 0 spiro atoms. The van der Waals surface area contributed by atoms with Crippen molar-refractivity contribution in [3.05, 3.63) is 90.4 Å². The smallest absolute Gasteiger partial charge is 0.261 e. The fraction of sp³-hybridized carbons (Fsp3) is 0.217. The quantitative estimate of drug-likeness (QED) is 0.606. The molecular weight excluding hydrogens is 368 g/mol. The minimum atomic E-state index is -0.669. The highest BCUT2D eigenvalue weighted by molar-refractivity contribution is 5.87. The fourth-order valence-corrected chi connectivity index (χ4v) is 2.84. The fourth-order valence-electron chi connectivity index (χ4n) is 2.84.